The second-order valence-electron chi connectivity index (χ2n) is 7.17. The number of unbranched alkanes of at least 4 members (excludes halogenated alkanes) is 6. The lowest BCUT2D eigenvalue weighted by Crippen LogP contribution is -1.55. The molecule has 0 aromatic carbocycles. The standard InChI is InChI=1S/2C6H12.2C5H9Cl.2C5H10.CH4/c2*1-3-5-6-4-2;2*1-2-3-4-5-6;2*1-3-5-4-2;/h2*3,5H,4,6H2,1-2H3;2*4-5H,2-3H2,1H3;2*3H,1,4-5H2,2H3;1H4/b2*5-3-;2*5-4-;;;. The lowest BCUT2D eigenvalue weighted by Gasteiger charge is -1.76. The van der Waals surface area contributed by atoms with Crippen molar-refractivity contribution in [2.45, 2.75) is 140 Å². The summed E-state index contributed by atoms with van der Waals surface area (Å²) in [6.07, 6.45) is 30.6. The molecule has 0 saturated heterocycles. The zero-order chi connectivity index (χ0) is 27.6. The number of halogens is 2. The van der Waals surface area contributed by atoms with Gasteiger partial charge in [0.25, 0.3) is 0 Å². The first-order valence-corrected chi connectivity index (χ1v) is 14.3. The maximum absolute atomic E-state index is 5.20. The molecule has 0 aliphatic carbocycles. The van der Waals surface area contributed by atoms with E-state index in [1.807, 2.05) is 24.3 Å². The maximum Gasteiger partial charge on any atom is 0.000245 e. The van der Waals surface area contributed by atoms with Crippen molar-refractivity contribution < 1.29 is 0 Å². The second-order valence-corrected chi connectivity index (χ2v) is 7.67. The Morgan fingerprint density at radius 1 is 0.457 bits per heavy atom. The van der Waals surface area contributed by atoms with Crippen molar-refractivity contribution in [2.75, 3.05) is 0 Å². The van der Waals surface area contributed by atoms with E-state index < -0.39 is 0 Å². The summed E-state index contributed by atoms with van der Waals surface area (Å²) >= 11 is 10.4. The Hall–Kier alpha value is -0.980. The predicted octanol–water partition coefficient (Wildman–Crippen LogP) is 14.4. The molecule has 0 radical (unpaired) electrons. The first kappa shape index (κ1) is 50.8. The van der Waals surface area contributed by atoms with Crippen molar-refractivity contribution in [1.29, 1.82) is 0 Å². The number of rotatable bonds is 12. The van der Waals surface area contributed by atoms with Gasteiger partial charge in [-0.25, -0.2) is 0 Å². The summed E-state index contributed by atoms with van der Waals surface area (Å²) < 4.78 is 0. The van der Waals surface area contributed by atoms with Crippen LogP contribution in [0, 0.1) is 0 Å². The summed E-state index contributed by atoms with van der Waals surface area (Å²) in [6.45, 7) is 24.1. The number of allylic oxidation sites excluding steroid dienone is 8. The molecule has 0 N–H and O–H groups in total. The summed E-state index contributed by atoms with van der Waals surface area (Å²) in [4.78, 5) is 0. The Balaban J connectivity index is -0.0000000536. The molecule has 2 heteroatoms. The third-order valence-electron chi connectivity index (χ3n) is 3.46. The van der Waals surface area contributed by atoms with Gasteiger partial charge >= 0.3 is 0 Å². The molecule has 0 fully saturated rings. The molecule has 0 heterocycles. The fraction of sp³-hybridized carbons (Fsp3) is 0.636. The van der Waals surface area contributed by atoms with E-state index in [1.165, 1.54) is 51.4 Å². The molecular weight excluding hydrogens is 467 g/mol. The highest BCUT2D eigenvalue weighted by Crippen LogP contribution is 1.89. The molecule has 0 rings (SSSR count). The lowest BCUT2D eigenvalue weighted by atomic mass is 10.3. The van der Waals surface area contributed by atoms with Crippen molar-refractivity contribution in [1.82, 2.24) is 0 Å². The third-order valence-corrected chi connectivity index (χ3v) is 3.81. The van der Waals surface area contributed by atoms with Crippen molar-refractivity contribution in [3.63, 3.8) is 0 Å². The minimum Gasteiger partial charge on any atom is -0.103 e. The van der Waals surface area contributed by atoms with Crippen LogP contribution in [0.4, 0.5) is 0 Å². The molecule has 0 bridgehead atoms. The highest BCUT2D eigenvalue weighted by atomic mass is 35.5. The molecular formula is C33H66Cl2. The van der Waals surface area contributed by atoms with E-state index in [9.17, 15) is 0 Å². The molecule has 0 amide bonds. The Labute approximate surface area is 235 Å². The second kappa shape index (κ2) is 76.6. The van der Waals surface area contributed by atoms with Crippen LogP contribution in [-0.4, -0.2) is 0 Å². The third kappa shape index (κ3) is 141. The Bertz CT molecular complexity index is 324. The zero-order valence-corrected chi connectivity index (χ0v) is 25.9. The molecule has 0 unspecified atom stereocenters. The van der Waals surface area contributed by atoms with Gasteiger partial charge in [-0.1, -0.05) is 159 Å². The van der Waals surface area contributed by atoms with E-state index in [0.717, 1.165) is 25.7 Å². The molecule has 0 spiro atoms. The first-order chi connectivity index (χ1) is 16.5. The average molecular weight is 534 g/mol. The molecule has 0 nitrogen and oxygen atoms in total. The van der Waals surface area contributed by atoms with E-state index in [0.29, 0.717) is 0 Å². The van der Waals surface area contributed by atoms with Crippen LogP contribution < -0.4 is 0 Å². The summed E-state index contributed by atoms with van der Waals surface area (Å²) in [5.74, 6) is 0. The average Bonchev–Trinajstić information content (AvgIpc) is 2.86. The summed E-state index contributed by atoms with van der Waals surface area (Å²) in [5.41, 5.74) is 3.12. The van der Waals surface area contributed by atoms with Crippen LogP contribution in [0.5, 0.6) is 0 Å². The van der Waals surface area contributed by atoms with Crippen molar-refractivity contribution in [3.8, 4) is 0 Å². The number of hydrogen-bond donors (Lipinski definition) is 0. The van der Waals surface area contributed by atoms with E-state index in [4.69, 9.17) is 23.2 Å². The highest BCUT2D eigenvalue weighted by Gasteiger charge is 1.67. The van der Waals surface area contributed by atoms with E-state index in [1.54, 1.807) is 11.1 Å². The largest absolute Gasteiger partial charge is 0.103 e. The van der Waals surface area contributed by atoms with Gasteiger partial charge < -0.3 is 0 Å². The Morgan fingerprint density at radius 2 is 0.686 bits per heavy atom. The fourth-order valence-corrected chi connectivity index (χ4v) is 1.79. The quantitative estimate of drug-likeness (QED) is 0.219. The minimum absolute atomic E-state index is 0. The van der Waals surface area contributed by atoms with Crippen molar-refractivity contribution in [2.24, 2.45) is 0 Å². The van der Waals surface area contributed by atoms with Gasteiger partial charge in [0.2, 0.25) is 0 Å². The molecule has 0 atom stereocenters. The van der Waals surface area contributed by atoms with Gasteiger partial charge in [-0.15, -0.1) is 13.2 Å². The van der Waals surface area contributed by atoms with Crippen molar-refractivity contribution >= 4 is 23.2 Å². The monoisotopic (exact) mass is 532 g/mol. The van der Waals surface area contributed by atoms with E-state index in [2.05, 4.69) is 92.9 Å². The summed E-state index contributed by atoms with van der Waals surface area (Å²) in [6, 6.07) is 0. The molecule has 35 heavy (non-hydrogen) atoms. The summed E-state index contributed by atoms with van der Waals surface area (Å²) in [7, 11) is 0. The van der Waals surface area contributed by atoms with Gasteiger partial charge in [0.05, 0.1) is 0 Å². The maximum atomic E-state index is 5.20. The highest BCUT2D eigenvalue weighted by molar-refractivity contribution is 6.25. The zero-order valence-electron chi connectivity index (χ0n) is 24.4. The molecule has 0 aromatic rings. The smallest absolute Gasteiger partial charge is 0.000245 e. The molecule has 212 valence electrons. The Morgan fingerprint density at radius 3 is 0.743 bits per heavy atom. The molecule has 0 saturated carbocycles. The van der Waals surface area contributed by atoms with Crippen LogP contribution in [0.3, 0.4) is 0 Å². The van der Waals surface area contributed by atoms with Gasteiger partial charge in [-0.05, 0) is 52.4 Å². The Kier molecular flexibility index (Phi) is 111. The van der Waals surface area contributed by atoms with E-state index in [-0.39, 0.29) is 7.43 Å². The SMILES string of the molecule is C.C/C=C\CCC.C/C=C\CCC.C=CCCC.C=CCCC.CCC/C=C\Cl.CCC/C=C\Cl. The van der Waals surface area contributed by atoms with Gasteiger partial charge in [-0.3, -0.25) is 0 Å². The predicted molar refractivity (Wildman–Crippen MR) is 176 cm³/mol. The van der Waals surface area contributed by atoms with Gasteiger partial charge in [-0.2, -0.15) is 0 Å². The number of hydrogen-bond acceptors (Lipinski definition) is 0. The van der Waals surface area contributed by atoms with Crippen LogP contribution in [0.2, 0.25) is 0 Å². The van der Waals surface area contributed by atoms with Crippen molar-refractivity contribution in [3.05, 3.63) is 72.8 Å². The molecule has 0 aliphatic rings. The van der Waals surface area contributed by atoms with E-state index >= 15 is 0 Å². The topological polar surface area (TPSA) is 0 Å². The first-order valence-electron chi connectivity index (χ1n) is 13.4. The van der Waals surface area contributed by atoms with Gasteiger partial charge in [0.15, 0.2) is 0 Å². The molecule has 0 aromatic heterocycles. The van der Waals surface area contributed by atoms with Crippen LogP contribution in [0.15, 0.2) is 72.8 Å². The van der Waals surface area contributed by atoms with Gasteiger partial charge in [0, 0.05) is 11.1 Å². The van der Waals surface area contributed by atoms with Crippen LogP contribution in [-0.2, 0) is 0 Å². The van der Waals surface area contributed by atoms with Gasteiger partial charge in [0.1, 0.15) is 0 Å². The normalized spacial score (nSPS) is 9.20. The lowest BCUT2D eigenvalue weighted by molar-refractivity contribution is 0.957. The fourth-order valence-electron chi connectivity index (χ4n) is 1.53. The van der Waals surface area contributed by atoms with Crippen LogP contribution in [0.25, 0.3) is 0 Å². The molecule has 0 aliphatic heterocycles. The van der Waals surface area contributed by atoms with Crippen LogP contribution >= 0.6 is 23.2 Å². The van der Waals surface area contributed by atoms with Crippen LogP contribution in [0.1, 0.15) is 140 Å². The summed E-state index contributed by atoms with van der Waals surface area (Å²) in [5, 5.41) is 0. The minimum atomic E-state index is 0.